The molecule has 0 unspecified atom stereocenters. The fourth-order valence-electron chi connectivity index (χ4n) is 0.924. The van der Waals surface area contributed by atoms with E-state index in [4.69, 9.17) is 17.3 Å². The minimum absolute atomic E-state index is 0.125. The molecular weight excluding hydrogens is 192 g/mol. The number of carbonyl (C=O) groups excluding carboxylic acids is 1. The number of nitrogens with zero attached hydrogens (tertiary/aromatic N) is 1. The van der Waals surface area contributed by atoms with Crippen LogP contribution < -0.4 is 5.73 Å². The first-order valence-corrected chi connectivity index (χ1v) is 3.95. The lowest BCUT2D eigenvalue weighted by Gasteiger charge is -2.05. The average Bonchev–Trinajstić information content (AvgIpc) is 2.10. The Morgan fingerprint density at radius 1 is 1.69 bits per heavy atom. The summed E-state index contributed by atoms with van der Waals surface area (Å²) in [5, 5.41) is 0.125. The number of aryl methyl sites for hydroxylation is 1. The summed E-state index contributed by atoms with van der Waals surface area (Å²) >= 11 is 5.68. The number of nitrogen functional groups attached to an aromatic ring is 1. The predicted octanol–water partition coefficient (Wildman–Crippen LogP) is 1.41. The number of methoxy groups -OCH3 is 1. The van der Waals surface area contributed by atoms with Gasteiger partial charge in [-0.05, 0) is 13.0 Å². The maximum Gasteiger partial charge on any atom is 0.340 e. The fourth-order valence-corrected chi connectivity index (χ4v) is 1.16. The lowest BCUT2D eigenvalue weighted by molar-refractivity contribution is 0.0601. The minimum atomic E-state index is -0.509. The summed E-state index contributed by atoms with van der Waals surface area (Å²) in [6.45, 7) is 1.72. The maximum atomic E-state index is 11.2. The second kappa shape index (κ2) is 3.62. The molecule has 0 fully saturated rings. The van der Waals surface area contributed by atoms with Gasteiger partial charge in [-0.15, -0.1) is 0 Å². The molecule has 1 aromatic heterocycles. The van der Waals surface area contributed by atoms with E-state index in [1.165, 1.54) is 13.2 Å². The molecule has 2 N–H and O–H groups in total. The van der Waals surface area contributed by atoms with Crippen molar-refractivity contribution in [1.29, 1.82) is 0 Å². The van der Waals surface area contributed by atoms with Crippen molar-refractivity contribution in [1.82, 2.24) is 4.98 Å². The van der Waals surface area contributed by atoms with Gasteiger partial charge >= 0.3 is 5.97 Å². The van der Waals surface area contributed by atoms with Gasteiger partial charge in [0.1, 0.15) is 0 Å². The summed E-state index contributed by atoms with van der Waals surface area (Å²) in [5.41, 5.74) is 6.56. The van der Waals surface area contributed by atoms with Gasteiger partial charge in [-0.3, -0.25) is 0 Å². The highest BCUT2D eigenvalue weighted by Gasteiger charge is 2.13. The Labute approximate surface area is 80.7 Å². The lowest BCUT2D eigenvalue weighted by Crippen LogP contribution is -2.07. The van der Waals surface area contributed by atoms with E-state index in [2.05, 4.69) is 9.72 Å². The Morgan fingerprint density at radius 2 is 2.31 bits per heavy atom. The molecule has 0 aliphatic carbocycles. The summed E-state index contributed by atoms with van der Waals surface area (Å²) in [6, 6.07) is 1.53. The van der Waals surface area contributed by atoms with Crippen LogP contribution in [-0.2, 0) is 4.74 Å². The van der Waals surface area contributed by atoms with E-state index in [0.29, 0.717) is 5.69 Å². The number of ether oxygens (including phenoxy) is 1. The van der Waals surface area contributed by atoms with Crippen LogP contribution in [0.3, 0.4) is 0 Å². The van der Waals surface area contributed by atoms with Gasteiger partial charge in [0.15, 0.2) is 5.15 Å². The van der Waals surface area contributed by atoms with E-state index >= 15 is 0 Å². The topological polar surface area (TPSA) is 65.2 Å². The SMILES string of the molecule is COC(=O)c1cc(C)nc(Cl)c1N. The first-order chi connectivity index (χ1) is 6.06. The molecule has 1 rings (SSSR count). The number of hydrogen-bond acceptors (Lipinski definition) is 4. The van der Waals surface area contributed by atoms with Gasteiger partial charge in [-0.2, -0.15) is 0 Å². The molecule has 70 valence electrons. The Kier molecular flexibility index (Phi) is 2.72. The molecule has 0 saturated carbocycles. The first kappa shape index (κ1) is 9.80. The summed E-state index contributed by atoms with van der Waals surface area (Å²) in [7, 11) is 1.28. The monoisotopic (exact) mass is 200 g/mol. The van der Waals surface area contributed by atoms with E-state index in [9.17, 15) is 4.79 Å². The van der Waals surface area contributed by atoms with Crippen LogP contribution in [-0.4, -0.2) is 18.1 Å². The van der Waals surface area contributed by atoms with Crippen molar-refractivity contribution >= 4 is 23.3 Å². The molecule has 0 bridgehead atoms. The molecule has 13 heavy (non-hydrogen) atoms. The van der Waals surface area contributed by atoms with Crippen LogP contribution in [0.2, 0.25) is 5.15 Å². The normalized spacial score (nSPS) is 9.77. The molecule has 0 atom stereocenters. The highest BCUT2D eigenvalue weighted by Crippen LogP contribution is 2.21. The smallest absolute Gasteiger partial charge is 0.340 e. The number of esters is 1. The number of pyridine rings is 1. The number of hydrogen-bond donors (Lipinski definition) is 1. The third-order valence-electron chi connectivity index (χ3n) is 1.55. The third kappa shape index (κ3) is 1.89. The van der Waals surface area contributed by atoms with Crippen molar-refractivity contribution in [2.45, 2.75) is 6.92 Å². The molecule has 1 heterocycles. The first-order valence-electron chi connectivity index (χ1n) is 3.57. The van der Waals surface area contributed by atoms with Crippen molar-refractivity contribution in [3.63, 3.8) is 0 Å². The number of halogens is 1. The van der Waals surface area contributed by atoms with Crippen LogP contribution in [0.5, 0.6) is 0 Å². The third-order valence-corrected chi connectivity index (χ3v) is 1.83. The van der Waals surface area contributed by atoms with Crippen LogP contribution in [0.25, 0.3) is 0 Å². The Hall–Kier alpha value is -1.29. The largest absolute Gasteiger partial charge is 0.465 e. The zero-order valence-electron chi connectivity index (χ0n) is 7.30. The van der Waals surface area contributed by atoms with Gasteiger partial charge in [-0.1, -0.05) is 11.6 Å². The van der Waals surface area contributed by atoms with Crippen molar-refractivity contribution < 1.29 is 9.53 Å². The van der Waals surface area contributed by atoms with Crippen LogP contribution >= 0.6 is 11.6 Å². The number of anilines is 1. The highest BCUT2D eigenvalue weighted by molar-refractivity contribution is 6.32. The summed E-state index contributed by atoms with van der Waals surface area (Å²) in [5.74, 6) is -0.509. The molecule has 4 nitrogen and oxygen atoms in total. The fraction of sp³-hybridized carbons (Fsp3) is 0.250. The van der Waals surface area contributed by atoms with E-state index in [1.807, 2.05) is 0 Å². The van der Waals surface area contributed by atoms with Gasteiger partial charge in [0.25, 0.3) is 0 Å². The molecule has 0 aliphatic heterocycles. The molecule has 5 heteroatoms. The summed E-state index contributed by atoms with van der Waals surface area (Å²) in [4.78, 5) is 15.0. The van der Waals surface area contributed by atoms with Crippen LogP contribution in [0.1, 0.15) is 16.1 Å². The van der Waals surface area contributed by atoms with Crippen molar-refractivity contribution in [3.05, 3.63) is 22.5 Å². The zero-order valence-corrected chi connectivity index (χ0v) is 8.05. The minimum Gasteiger partial charge on any atom is -0.465 e. The second-order valence-electron chi connectivity index (χ2n) is 2.51. The molecule has 0 saturated heterocycles. The number of aromatic nitrogens is 1. The standard InChI is InChI=1S/C8H9ClN2O2/c1-4-3-5(8(12)13-2)6(10)7(9)11-4/h3H,10H2,1-2H3. The highest BCUT2D eigenvalue weighted by atomic mass is 35.5. The zero-order chi connectivity index (χ0) is 10.0. The molecular formula is C8H9ClN2O2. The molecule has 1 aromatic rings. The Morgan fingerprint density at radius 3 is 2.85 bits per heavy atom. The van der Waals surface area contributed by atoms with Gasteiger partial charge in [0, 0.05) is 5.69 Å². The van der Waals surface area contributed by atoms with E-state index in [1.54, 1.807) is 6.92 Å². The number of rotatable bonds is 1. The number of nitrogens with two attached hydrogens (primary N) is 1. The van der Waals surface area contributed by atoms with Crippen molar-refractivity contribution in [3.8, 4) is 0 Å². The van der Waals surface area contributed by atoms with Crippen molar-refractivity contribution in [2.75, 3.05) is 12.8 Å². The Bertz CT molecular complexity index is 352. The van der Waals surface area contributed by atoms with Gasteiger partial charge in [0.05, 0.1) is 18.4 Å². The van der Waals surface area contributed by atoms with Gasteiger partial charge in [-0.25, -0.2) is 9.78 Å². The van der Waals surface area contributed by atoms with Crippen molar-refractivity contribution in [2.24, 2.45) is 0 Å². The molecule has 0 radical (unpaired) electrons. The maximum absolute atomic E-state index is 11.2. The average molecular weight is 201 g/mol. The van der Waals surface area contributed by atoms with E-state index in [-0.39, 0.29) is 16.4 Å². The number of carbonyl (C=O) groups is 1. The van der Waals surface area contributed by atoms with E-state index < -0.39 is 5.97 Å². The summed E-state index contributed by atoms with van der Waals surface area (Å²) < 4.78 is 4.52. The Balaban J connectivity index is 3.28. The lowest BCUT2D eigenvalue weighted by atomic mass is 10.2. The van der Waals surface area contributed by atoms with Gasteiger partial charge < -0.3 is 10.5 Å². The second-order valence-corrected chi connectivity index (χ2v) is 2.87. The molecule has 0 aliphatic rings. The summed E-state index contributed by atoms with van der Waals surface area (Å²) in [6.07, 6.45) is 0. The quantitative estimate of drug-likeness (QED) is 0.550. The van der Waals surface area contributed by atoms with Gasteiger partial charge in [0.2, 0.25) is 0 Å². The van der Waals surface area contributed by atoms with Crippen LogP contribution in [0, 0.1) is 6.92 Å². The van der Waals surface area contributed by atoms with E-state index in [0.717, 1.165) is 0 Å². The predicted molar refractivity (Wildman–Crippen MR) is 49.7 cm³/mol. The van der Waals surface area contributed by atoms with Crippen LogP contribution in [0.15, 0.2) is 6.07 Å². The van der Waals surface area contributed by atoms with Crippen LogP contribution in [0.4, 0.5) is 5.69 Å². The molecule has 0 aromatic carbocycles. The molecule has 0 spiro atoms. The molecule has 0 amide bonds.